The van der Waals surface area contributed by atoms with Gasteiger partial charge in [-0.2, -0.15) is 0 Å². The lowest BCUT2D eigenvalue weighted by atomic mass is 10.0. The third-order valence-corrected chi connectivity index (χ3v) is 3.13. The average molecular weight is 251 g/mol. The summed E-state index contributed by atoms with van der Waals surface area (Å²) >= 11 is 0. The Bertz CT molecular complexity index is 771. The molecule has 94 valence electrons. The molecule has 0 spiro atoms. The molecule has 0 aliphatic heterocycles. The predicted molar refractivity (Wildman–Crippen MR) is 73.4 cm³/mol. The number of furan rings is 1. The number of hydrogen-bond acceptors (Lipinski definition) is 3. The first kappa shape index (κ1) is 11.7. The first-order valence-corrected chi connectivity index (χ1v) is 6.12. The Labute approximate surface area is 110 Å². The first-order chi connectivity index (χ1) is 9.15. The summed E-state index contributed by atoms with van der Waals surface area (Å²) in [6.07, 6.45) is 0. The summed E-state index contributed by atoms with van der Waals surface area (Å²) in [4.78, 5) is 16.7. The number of ketones is 1. The van der Waals surface area contributed by atoms with Gasteiger partial charge in [-0.25, -0.2) is 4.98 Å². The second kappa shape index (κ2) is 4.35. The zero-order valence-corrected chi connectivity index (χ0v) is 10.8. The van der Waals surface area contributed by atoms with Crippen LogP contribution >= 0.6 is 0 Å². The van der Waals surface area contributed by atoms with Crippen molar-refractivity contribution in [2.45, 2.75) is 13.8 Å². The molecule has 19 heavy (non-hydrogen) atoms. The van der Waals surface area contributed by atoms with Gasteiger partial charge >= 0.3 is 0 Å². The molecule has 1 aromatic carbocycles. The number of hydrogen-bond donors (Lipinski definition) is 0. The number of benzene rings is 1. The van der Waals surface area contributed by atoms with E-state index in [2.05, 4.69) is 4.98 Å². The third-order valence-electron chi connectivity index (χ3n) is 3.13. The van der Waals surface area contributed by atoms with E-state index in [0.717, 1.165) is 16.8 Å². The van der Waals surface area contributed by atoms with Gasteiger partial charge in [0.05, 0.1) is 0 Å². The monoisotopic (exact) mass is 251 g/mol. The predicted octanol–water partition coefficient (Wildman–Crippen LogP) is 3.68. The van der Waals surface area contributed by atoms with E-state index in [1.807, 2.05) is 50.2 Å². The SMILES string of the molecule is Cc1ccc2oc(C(=O)c3ccccc3C)cc2n1. The molecule has 0 radical (unpaired) electrons. The van der Waals surface area contributed by atoms with Crippen molar-refractivity contribution >= 4 is 16.9 Å². The number of carbonyl (C=O) groups excluding carboxylic acids is 1. The molecule has 0 saturated heterocycles. The molecule has 3 heteroatoms. The van der Waals surface area contributed by atoms with Crippen LogP contribution in [0.15, 0.2) is 46.9 Å². The van der Waals surface area contributed by atoms with Crippen molar-refractivity contribution in [2.24, 2.45) is 0 Å². The van der Waals surface area contributed by atoms with Crippen molar-refractivity contribution in [1.82, 2.24) is 4.98 Å². The number of rotatable bonds is 2. The minimum atomic E-state index is -0.103. The molecule has 0 aliphatic rings. The standard InChI is InChI=1S/C16H13NO2/c1-10-5-3-4-6-12(10)16(18)15-9-13-14(19-15)8-7-11(2)17-13/h3-9H,1-2H3. The number of nitrogens with zero attached hydrogens (tertiary/aromatic N) is 1. The highest BCUT2D eigenvalue weighted by molar-refractivity contribution is 6.09. The van der Waals surface area contributed by atoms with Crippen LogP contribution in [-0.4, -0.2) is 10.8 Å². The van der Waals surface area contributed by atoms with Gasteiger partial charge in [0.15, 0.2) is 11.3 Å². The second-order valence-corrected chi connectivity index (χ2v) is 4.59. The lowest BCUT2D eigenvalue weighted by Gasteiger charge is -2.01. The topological polar surface area (TPSA) is 43.1 Å². The van der Waals surface area contributed by atoms with E-state index < -0.39 is 0 Å². The van der Waals surface area contributed by atoms with E-state index in [9.17, 15) is 4.79 Å². The maximum atomic E-state index is 12.4. The summed E-state index contributed by atoms with van der Waals surface area (Å²) in [6, 6.07) is 12.9. The summed E-state index contributed by atoms with van der Waals surface area (Å²) in [6.45, 7) is 3.83. The molecule has 0 N–H and O–H groups in total. The number of aromatic nitrogens is 1. The highest BCUT2D eigenvalue weighted by Crippen LogP contribution is 2.21. The van der Waals surface area contributed by atoms with Crippen LogP contribution in [0.3, 0.4) is 0 Å². The van der Waals surface area contributed by atoms with E-state index in [1.165, 1.54) is 0 Å². The number of fused-ring (bicyclic) bond motifs is 1. The lowest BCUT2D eigenvalue weighted by molar-refractivity contribution is 0.101. The lowest BCUT2D eigenvalue weighted by Crippen LogP contribution is -2.01. The van der Waals surface area contributed by atoms with Gasteiger partial charge in [0.2, 0.25) is 5.78 Å². The van der Waals surface area contributed by atoms with Crippen LogP contribution in [0.5, 0.6) is 0 Å². The summed E-state index contributed by atoms with van der Waals surface area (Å²) in [5.74, 6) is 0.233. The van der Waals surface area contributed by atoms with Crippen LogP contribution < -0.4 is 0 Å². The van der Waals surface area contributed by atoms with E-state index in [-0.39, 0.29) is 5.78 Å². The van der Waals surface area contributed by atoms with Crippen LogP contribution in [-0.2, 0) is 0 Å². The molecular formula is C16H13NO2. The molecule has 0 bridgehead atoms. The van der Waals surface area contributed by atoms with Gasteiger partial charge in [-0.3, -0.25) is 4.79 Å². The van der Waals surface area contributed by atoms with Gasteiger partial charge < -0.3 is 4.42 Å². The Morgan fingerprint density at radius 3 is 2.68 bits per heavy atom. The van der Waals surface area contributed by atoms with Crippen molar-refractivity contribution in [2.75, 3.05) is 0 Å². The Morgan fingerprint density at radius 2 is 1.89 bits per heavy atom. The van der Waals surface area contributed by atoms with Gasteiger partial charge in [0, 0.05) is 17.3 Å². The average Bonchev–Trinajstić information content (AvgIpc) is 2.81. The fourth-order valence-electron chi connectivity index (χ4n) is 2.10. The molecule has 2 aromatic heterocycles. The van der Waals surface area contributed by atoms with Crippen molar-refractivity contribution in [3.8, 4) is 0 Å². The van der Waals surface area contributed by atoms with E-state index >= 15 is 0 Å². The maximum absolute atomic E-state index is 12.4. The number of carbonyl (C=O) groups is 1. The fraction of sp³-hybridized carbons (Fsp3) is 0.125. The molecular weight excluding hydrogens is 238 g/mol. The summed E-state index contributed by atoms with van der Waals surface area (Å²) in [5, 5.41) is 0. The van der Waals surface area contributed by atoms with Crippen LogP contribution in [0, 0.1) is 13.8 Å². The van der Waals surface area contributed by atoms with Crippen molar-refractivity contribution in [3.05, 3.63) is 65.0 Å². The Morgan fingerprint density at radius 1 is 1.11 bits per heavy atom. The van der Waals surface area contributed by atoms with Gasteiger partial charge in [-0.15, -0.1) is 0 Å². The summed E-state index contributed by atoms with van der Waals surface area (Å²) in [5.41, 5.74) is 3.87. The first-order valence-electron chi connectivity index (χ1n) is 6.12. The second-order valence-electron chi connectivity index (χ2n) is 4.59. The molecule has 3 nitrogen and oxygen atoms in total. The normalized spacial score (nSPS) is 10.8. The third kappa shape index (κ3) is 2.03. The van der Waals surface area contributed by atoms with Gasteiger partial charge in [-0.1, -0.05) is 24.3 Å². The Kier molecular flexibility index (Phi) is 2.67. The molecule has 2 heterocycles. The highest BCUT2D eigenvalue weighted by Gasteiger charge is 2.16. The largest absolute Gasteiger partial charge is 0.451 e. The van der Waals surface area contributed by atoms with Crippen molar-refractivity contribution < 1.29 is 9.21 Å². The minimum absolute atomic E-state index is 0.103. The minimum Gasteiger partial charge on any atom is -0.451 e. The van der Waals surface area contributed by atoms with E-state index in [4.69, 9.17) is 4.42 Å². The number of pyridine rings is 1. The Balaban J connectivity index is 2.09. The Hall–Kier alpha value is -2.42. The quantitative estimate of drug-likeness (QED) is 0.652. The molecule has 3 rings (SSSR count). The van der Waals surface area contributed by atoms with E-state index in [0.29, 0.717) is 16.9 Å². The molecule has 0 saturated carbocycles. The maximum Gasteiger partial charge on any atom is 0.228 e. The smallest absolute Gasteiger partial charge is 0.228 e. The van der Waals surface area contributed by atoms with Crippen LogP contribution in [0.4, 0.5) is 0 Å². The van der Waals surface area contributed by atoms with Crippen LogP contribution in [0.25, 0.3) is 11.1 Å². The molecule has 0 unspecified atom stereocenters. The van der Waals surface area contributed by atoms with Gasteiger partial charge in [0.1, 0.15) is 5.52 Å². The number of aryl methyl sites for hydroxylation is 2. The van der Waals surface area contributed by atoms with Crippen LogP contribution in [0.1, 0.15) is 27.4 Å². The van der Waals surface area contributed by atoms with E-state index in [1.54, 1.807) is 6.07 Å². The zero-order valence-electron chi connectivity index (χ0n) is 10.8. The molecule has 0 aliphatic carbocycles. The zero-order chi connectivity index (χ0) is 13.4. The fourth-order valence-corrected chi connectivity index (χ4v) is 2.10. The summed E-state index contributed by atoms with van der Waals surface area (Å²) < 4.78 is 5.58. The van der Waals surface area contributed by atoms with Crippen molar-refractivity contribution in [1.29, 1.82) is 0 Å². The van der Waals surface area contributed by atoms with Crippen LogP contribution in [0.2, 0.25) is 0 Å². The molecule has 3 aromatic rings. The van der Waals surface area contributed by atoms with Gasteiger partial charge in [-0.05, 0) is 31.5 Å². The molecule has 0 amide bonds. The summed E-state index contributed by atoms with van der Waals surface area (Å²) in [7, 11) is 0. The van der Waals surface area contributed by atoms with Gasteiger partial charge in [0.25, 0.3) is 0 Å². The molecule has 0 fully saturated rings. The highest BCUT2D eigenvalue weighted by atomic mass is 16.3. The van der Waals surface area contributed by atoms with Crippen molar-refractivity contribution in [3.63, 3.8) is 0 Å². The molecule has 0 atom stereocenters.